The van der Waals surface area contributed by atoms with Crippen LogP contribution in [0.15, 0.2) is 36.4 Å². The molecule has 0 heterocycles. The Hall–Kier alpha value is -1.51. The van der Waals surface area contributed by atoms with Crippen molar-refractivity contribution in [2.24, 2.45) is 5.73 Å². The monoisotopic (exact) mass is 274 g/mol. The van der Waals surface area contributed by atoms with Crippen LogP contribution in [0.25, 0.3) is 0 Å². The van der Waals surface area contributed by atoms with Gasteiger partial charge in [0.05, 0.1) is 10.7 Å². The average Bonchev–Trinajstić information content (AvgIpc) is 2.36. The number of halogens is 1. The molecule has 0 aliphatic rings. The molecule has 2 N–H and O–H groups in total. The van der Waals surface area contributed by atoms with E-state index in [4.69, 9.17) is 17.3 Å². The van der Waals surface area contributed by atoms with Crippen molar-refractivity contribution in [2.75, 3.05) is 11.9 Å². The molecule has 0 unspecified atom stereocenters. The predicted molar refractivity (Wildman–Crippen MR) is 83.3 cm³/mol. The number of rotatable bonds is 3. The zero-order valence-corrected chi connectivity index (χ0v) is 12.3. The molecule has 0 spiro atoms. The second-order valence-corrected chi connectivity index (χ2v) is 5.30. The largest absolute Gasteiger partial charge is 0.343 e. The number of hydrogen-bond acceptors (Lipinski definition) is 2. The normalized spacial score (nSPS) is 10.6. The second kappa shape index (κ2) is 5.64. The summed E-state index contributed by atoms with van der Waals surface area (Å²) in [6.45, 7) is 4.71. The summed E-state index contributed by atoms with van der Waals surface area (Å²) in [4.78, 5) is 2.10. The Balaban J connectivity index is 2.40. The fraction of sp³-hybridized carbons (Fsp3) is 0.250. The van der Waals surface area contributed by atoms with Gasteiger partial charge in [-0.05, 0) is 54.8 Å². The van der Waals surface area contributed by atoms with Gasteiger partial charge in [0.2, 0.25) is 0 Å². The van der Waals surface area contributed by atoms with Gasteiger partial charge in [-0.2, -0.15) is 0 Å². The summed E-state index contributed by atoms with van der Waals surface area (Å²) < 4.78 is 0. The molecule has 100 valence electrons. The number of nitrogens with two attached hydrogens (primary N) is 1. The van der Waals surface area contributed by atoms with Crippen LogP contribution in [-0.2, 0) is 6.54 Å². The van der Waals surface area contributed by atoms with E-state index in [0.29, 0.717) is 6.54 Å². The van der Waals surface area contributed by atoms with Gasteiger partial charge >= 0.3 is 0 Å². The molecular weight excluding hydrogens is 256 g/mol. The van der Waals surface area contributed by atoms with Crippen molar-refractivity contribution in [1.29, 1.82) is 0 Å². The van der Waals surface area contributed by atoms with E-state index in [9.17, 15) is 0 Å². The smallest absolute Gasteiger partial charge is 0.0646 e. The first kappa shape index (κ1) is 13.9. The molecule has 0 aliphatic carbocycles. The highest BCUT2D eigenvalue weighted by Crippen LogP contribution is 2.32. The zero-order valence-electron chi connectivity index (χ0n) is 11.6. The van der Waals surface area contributed by atoms with Gasteiger partial charge in [-0.1, -0.05) is 23.7 Å². The van der Waals surface area contributed by atoms with Crippen LogP contribution >= 0.6 is 11.6 Å². The molecule has 2 aromatic carbocycles. The maximum absolute atomic E-state index is 6.34. The van der Waals surface area contributed by atoms with Crippen LogP contribution in [-0.4, -0.2) is 7.05 Å². The summed E-state index contributed by atoms with van der Waals surface area (Å²) in [5, 5.41) is 0.726. The van der Waals surface area contributed by atoms with Gasteiger partial charge in [0.15, 0.2) is 0 Å². The van der Waals surface area contributed by atoms with Crippen molar-refractivity contribution < 1.29 is 0 Å². The van der Waals surface area contributed by atoms with Crippen LogP contribution in [0.5, 0.6) is 0 Å². The fourth-order valence-corrected chi connectivity index (χ4v) is 2.56. The topological polar surface area (TPSA) is 29.3 Å². The summed E-state index contributed by atoms with van der Waals surface area (Å²) in [6, 6.07) is 12.4. The lowest BCUT2D eigenvalue weighted by Crippen LogP contribution is -2.11. The van der Waals surface area contributed by atoms with Crippen LogP contribution in [0.3, 0.4) is 0 Å². The third-order valence-electron chi connectivity index (χ3n) is 3.20. The van der Waals surface area contributed by atoms with Gasteiger partial charge in [0, 0.05) is 19.3 Å². The molecule has 0 amide bonds. The molecule has 0 atom stereocenters. The summed E-state index contributed by atoms with van der Waals surface area (Å²) in [5.41, 5.74) is 11.3. The minimum Gasteiger partial charge on any atom is -0.343 e. The van der Waals surface area contributed by atoms with E-state index in [-0.39, 0.29) is 0 Å². The number of anilines is 2. The van der Waals surface area contributed by atoms with Gasteiger partial charge in [-0.3, -0.25) is 0 Å². The quantitative estimate of drug-likeness (QED) is 0.910. The summed E-state index contributed by atoms with van der Waals surface area (Å²) in [6.07, 6.45) is 0. The molecule has 0 bridgehead atoms. The predicted octanol–water partition coefficient (Wildman–Crippen LogP) is 4.18. The highest BCUT2D eigenvalue weighted by molar-refractivity contribution is 6.33. The van der Waals surface area contributed by atoms with Gasteiger partial charge < -0.3 is 10.6 Å². The highest BCUT2D eigenvalue weighted by atomic mass is 35.5. The molecular formula is C16H19ClN2. The molecule has 0 aromatic heterocycles. The lowest BCUT2D eigenvalue weighted by atomic mass is 10.1. The highest BCUT2D eigenvalue weighted by Gasteiger charge is 2.09. The van der Waals surface area contributed by atoms with Crippen LogP contribution in [0, 0.1) is 13.8 Å². The zero-order chi connectivity index (χ0) is 14.0. The van der Waals surface area contributed by atoms with E-state index in [2.05, 4.69) is 36.9 Å². The van der Waals surface area contributed by atoms with Gasteiger partial charge in [0.1, 0.15) is 0 Å². The van der Waals surface area contributed by atoms with E-state index in [0.717, 1.165) is 22.0 Å². The van der Waals surface area contributed by atoms with Crippen LogP contribution in [0.1, 0.15) is 16.7 Å². The first-order valence-electron chi connectivity index (χ1n) is 6.32. The molecule has 3 heteroatoms. The maximum Gasteiger partial charge on any atom is 0.0646 e. The Labute approximate surface area is 119 Å². The minimum absolute atomic E-state index is 0.507. The molecule has 2 rings (SSSR count). The molecule has 0 saturated carbocycles. The summed E-state index contributed by atoms with van der Waals surface area (Å²) in [7, 11) is 2.03. The Morgan fingerprint density at radius 3 is 2.21 bits per heavy atom. The maximum atomic E-state index is 6.34. The van der Waals surface area contributed by atoms with Gasteiger partial charge in [0.25, 0.3) is 0 Å². The molecule has 0 aliphatic heterocycles. The molecule has 0 saturated heterocycles. The van der Waals surface area contributed by atoms with Crippen molar-refractivity contribution in [3.63, 3.8) is 0 Å². The van der Waals surface area contributed by atoms with Crippen LogP contribution in [0.4, 0.5) is 11.4 Å². The van der Waals surface area contributed by atoms with Crippen LogP contribution in [0.2, 0.25) is 5.02 Å². The van der Waals surface area contributed by atoms with E-state index in [1.165, 1.54) is 11.1 Å². The summed E-state index contributed by atoms with van der Waals surface area (Å²) in [5.74, 6) is 0. The first-order valence-corrected chi connectivity index (χ1v) is 6.69. The van der Waals surface area contributed by atoms with Crippen molar-refractivity contribution in [1.82, 2.24) is 0 Å². The molecule has 0 radical (unpaired) electrons. The number of aryl methyl sites for hydroxylation is 2. The lowest BCUT2D eigenvalue weighted by molar-refractivity contribution is 1.07. The van der Waals surface area contributed by atoms with Crippen molar-refractivity contribution in [3.8, 4) is 0 Å². The number of nitrogens with zero attached hydrogens (tertiary/aromatic N) is 1. The fourth-order valence-electron chi connectivity index (χ4n) is 2.23. The van der Waals surface area contributed by atoms with Gasteiger partial charge in [-0.25, -0.2) is 0 Å². The van der Waals surface area contributed by atoms with E-state index in [1.807, 2.05) is 25.2 Å². The van der Waals surface area contributed by atoms with Crippen molar-refractivity contribution in [2.45, 2.75) is 20.4 Å². The Bertz CT molecular complexity index is 573. The number of benzene rings is 2. The Kier molecular flexibility index (Phi) is 4.13. The Morgan fingerprint density at radius 2 is 1.68 bits per heavy atom. The van der Waals surface area contributed by atoms with Gasteiger partial charge in [-0.15, -0.1) is 0 Å². The third-order valence-corrected chi connectivity index (χ3v) is 3.51. The summed E-state index contributed by atoms with van der Waals surface area (Å²) >= 11 is 6.34. The van der Waals surface area contributed by atoms with E-state index in [1.54, 1.807) is 0 Å². The van der Waals surface area contributed by atoms with E-state index < -0.39 is 0 Å². The van der Waals surface area contributed by atoms with Crippen LogP contribution < -0.4 is 10.6 Å². The molecule has 2 nitrogen and oxygen atoms in total. The second-order valence-electron chi connectivity index (χ2n) is 4.89. The Morgan fingerprint density at radius 1 is 1.05 bits per heavy atom. The first-order chi connectivity index (χ1) is 9.01. The number of hydrogen-bond donors (Lipinski definition) is 1. The average molecular weight is 275 g/mol. The molecule has 0 fully saturated rings. The standard InChI is InChI=1S/C16H19ClN2/c1-11-6-12(2)8-14(7-11)19(3)16-5-4-13(10-18)9-15(16)17/h4-9H,10,18H2,1-3H3. The molecule has 19 heavy (non-hydrogen) atoms. The minimum atomic E-state index is 0.507. The molecule has 2 aromatic rings. The van der Waals surface area contributed by atoms with E-state index >= 15 is 0 Å². The lowest BCUT2D eigenvalue weighted by Gasteiger charge is -2.22. The van der Waals surface area contributed by atoms with Crippen molar-refractivity contribution >= 4 is 23.0 Å². The van der Waals surface area contributed by atoms with Crippen molar-refractivity contribution in [3.05, 3.63) is 58.1 Å². The SMILES string of the molecule is Cc1cc(C)cc(N(C)c2ccc(CN)cc2Cl)c1. The third kappa shape index (κ3) is 3.09.